The summed E-state index contributed by atoms with van der Waals surface area (Å²) >= 11 is 0. The second-order valence-corrected chi connectivity index (χ2v) is 3.14. The van der Waals surface area contributed by atoms with Crippen LogP contribution in [0.1, 0.15) is 20.3 Å². The first-order valence-corrected chi connectivity index (χ1v) is 5.23. The summed E-state index contributed by atoms with van der Waals surface area (Å²) in [5.41, 5.74) is 0.547. The third-order valence-corrected chi connectivity index (χ3v) is 1.87. The Kier molecular flexibility index (Phi) is 8.15. The van der Waals surface area contributed by atoms with E-state index in [-0.39, 0.29) is 11.9 Å². The maximum atomic E-state index is 11.0. The predicted octanol–water partition coefficient (Wildman–Crippen LogP) is 0.648. The number of methoxy groups -OCH3 is 1. The summed E-state index contributed by atoms with van der Waals surface area (Å²) < 4.78 is 9.29. The minimum Gasteiger partial charge on any atom is -0.466 e. The lowest BCUT2D eigenvalue weighted by Crippen LogP contribution is -2.20. The zero-order valence-corrected chi connectivity index (χ0v) is 10.0. The molecule has 5 heteroatoms. The number of carbonyl (C=O) groups is 2. The van der Waals surface area contributed by atoms with Gasteiger partial charge in [-0.25, -0.2) is 4.79 Å². The average molecular weight is 229 g/mol. The van der Waals surface area contributed by atoms with Gasteiger partial charge in [-0.15, -0.1) is 0 Å². The second kappa shape index (κ2) is 8.91. The van der Waals surface area contributed by atoms with Crippen molar-refractivity contribution in [3.63, 3.8) is 0 Å². The van der Waals surface area contributed by atoms with Crippen LogP contribution in [0.5, 0.6) is 0 Å². The molecular formula is C11H19NO4. The van der Waals surface area contributed by atoms with E-state index in [2.05, 4.69) is 10.1 Å². The lowest BCUT2D eigenvalue weighted by molar-refractivity contribution is -0.143. The van der Waals surface area contributed by atoms with Crippen LogP contribution in [0.15, 0.2) is 11.6 Å². The van der Waals surface area contributed by atoms with Crippen LogP contribution in [-0.4, -0.2) is 38.7 Å². The van der Waals surface area contributed by atoms with Gasteiger partial charge in [-0.3, -0.25) is 4.79 Å². The molecule has 0 aliphatic carbocycles. The molecule has 0 saturated heterocycles. The van der Waals surface area contributed by atoms with Gasteiger partial charge in [0.25, 0.3) is 0 Å². The van der Waals surface area contributed by atoms with Crippen LogP contribution >= 0.6 is 0 Å². The Morgan fingerprint density at radius 3 is 2.62 bits per heavy atom. The Balaban J connectivity index is 3.60. The number of esters is 2. The van der Waals surface area contributed by atoms with E-state index in [4.69, 9.17) is 4.74 Å². The summed E-state index contributed by atoms with van der Waals surface area (Å²) in [6.07, 6.45) is 2.05. The smallest absolute Gasteiger partial charge is 0.333 e. The number of hydrogen-bond acceptors (Lipinski definition) is 5. The molecule has 0 atom stereocenters. The Morgan fingerprint density at radius 2 is 2.06 bits per heavy atom. The highest BCUT2D eigenvalue weighted by molar-refractivity contribution is 5.87. The minimum atomic E-state index is -0.341. The summed E-state index contributed by atoms with van der Waals surface area (Å²) in [5.74, 6) is -0.559. The molecule has 0 unspecified atom stereocenters. The van der Waals surface area contributed by atoms with E-state index >= 15 is 0 Å². The summed E-state index contributed by atoms with van der Waals surface area (Å²) in [5, 5.41) is 3.00. The van der Waals surface area contributed by atoms with Crippen molar-refractivity contribution in [1.82, 2.24) is 5.32 Å². The highest BCUT2D eigenvalue weighted by atomic mass is 16.5. The first-order valence-electron chi connectivity index (χ1n) is 5.23. The van der Waals surface area contributed by atoms with E-state index in [1.54, 1.807) is 19.9 Å². The third kappa shape index (κ3) is 7.00. The molecule has 0 bridgehead atoms. The van der Waals surface area contributed by atoms with Gasteiger partial charge in [-0.2, -0.15) is 0 Å². The molecule has 0 heterocycles. The standard InChI is InChI=1S/C11H19NO4/c1-4-16-10(13)6-8-12-7-5-9(2)11(14)15-3/h5,12H,4,6-8H2,1-3H3/b9-5-. The molecule has 0 rings (SSSR count). The molecular weight excluding hydrogens is 210 g/mol. The van der Waals surface area contributed by atoms with Crippen LogP contribution in [0, 0.1) is 0 Å². The fourth-order valence-electron chi connectivity index (χ4n) is 0.995. The zero-order chi connectivity index (χ0) is 12.4. The Hall–Kier alpha value is -1.36. The van der Waals surface area contributed by atoms with E-state index in [1.807, 2.05) is 0 Å². The highest BCUT2D eigenvalue weighted by Crippen LogP contribution is 1.93. The van der Waals surface area contributed by atoms with Gasteiger partial charge in [0.05, 0.1) is 20.1 Å². The van der Waals surface area contributed by atoms with Crippen molar-refractivity contribution >= 4 is 11.9 Å². The van der Waals surface area contributed by atoms with Crippen LogP contribution in [0.4, 0.5) is 0 Å². The predicted molar refractivity (Wildman–Crippen MR) is 59.9 cm³/mol. The van der Waals surface area contributed by atoms with Crippen LogP contribution < -0.4 is 5.32 Å². The molecule has 0 amide bonds. The third-order valence-electron chi connectivity index (χ3n) is 1.87. The van der Waals surface area contributed by atoms with Crippen molar-refractivity contribution < 1.29 is 19.1 Å². The lowest BCUT2D eigenvalue weighted by Gasteiger charge is -2.03. The molecule has 0 aliphatic rings. The number of carbonyl (C=O) groups excluding carboxylic acids is 2. The Bertz CT molecular complexity index is 261. The highest BCUT2D eigenvalue weighted by Gasteiger charge is 2.02. The summed E-state index contributed by atoms with van der Waals surface area (Å²) in [6.45, 7) is 4.91. The van der Waals surface area contributed by atoms with Gasteiger partial charge in [0.1, 0.15) is 0 Å². The van der Waals surface area contributed by atoms with Crippen molar-refractivity contribution in [2.75, 3.05) is 26.8 Å². The van der Waals surface area contributed by atoms with Crippen molar-refractivity contribution in [2.24, 2.45) is 0 Å². The summed E-state index contributed by atoms with van der Waals surface area (Å²) in [6, 6.07) is 0. The summed E-state index contributed by atoms with van der Waals surface area (Å²) in [7, 11) is 1.34. The minimum absolute atomic E-state index is 0.219. The van der Waals surface area contributed by atoms with Gasteiger partial charge in [0.15, 0.2) is 0 Å². The fraction of sp³-hybridized carbons (Fsp3) is 0.636. The van der Waals surface area contributed by atoms with E-state index in [1.165, 1.54) is 7.11 Å². The maximum absolute atomic E-state index is 11.0. The molecule has 0 radical (unpaired) electrons. The van der Waals surface area contributed by atoms with Crippen LogP contribution in [-0.2, 0) is 19.1 Å². The zero-order valence-electron chi connectivity index (χ0n) is 10.0. The monoisotopic (exact) mass is 229 g/mol. The SMILES string of the molecule is CCOC(=O)CCNC/C=C(/C)C(=O)OC. The molecule has 0 aliphatic heterocycles. The second-order valence-electron chi connectivity index (χ2n) is 3.14. The molecule has 0 fully saturated rings. The van der Waals surface area contributed by atoms with Gasteiger partial charge >= 0.3 is 11.9 Å². The number of hydrogen-bond donors (Lipinski definition) is 1. The Morgan fingerprint density at radius 1 is 1.38 bits per heavy atom. The van der Waals surface area contributed by atoms with Crippen molar-refractivity contribution in [1.29, 1.82) is 0 Å². The largest absolute Gasteiger partial charge is 0.466 e. The van der Waals surface area contributed by atoms with Crippen LogP contribution in [0.2, 0.25) is 0 Å². The molecule has 5 nitrogen and oxygen atoms in total. The van der Waals surface area contributed by atoms with E-state index < -0.39 is 0 Å². The van der Waals surface area contributed by atoms with Gasteiger partial charge in [0, 0.05) is 18.7 Å². The van der Waals surface area contributed by atoms with Crippen LogP contribution in [0.25, 0.3) is 0 Å². The van der Waals surface area contributed by atoms with E-state index in [0.29, 0.717) is 31.7 Å². The molecule has 16 heavy (non-hydrogen) atoms. The van der Waals surface area contributed by atoms with Crippen molar-refractivity contribution in [3.05, 3.63) is 11.6 Å². The van der Waals surface area contributed by atoms with E-state index in [0.717, 1.165) is 0 Å². The molecule has 0 aromatic heterocycles. The van der Waals surface area contributed by atoms with Gasteiger partial charge < -0.3 is 14.8 Å². The molecule has 0 aromatic rings. The average Bonchev–Trinajstić information content (AvgIpc) is 2.27. The van der Waals surface area contributed by atoms with Crippen molar-refractivity contribution in [3.8, 4) is 0 Å². The quantitative estimate of drug-likeness (QED) is 0.394. The topological polar surface area (TPSA) is 64.6 Å². The lowest BCUT2D eigenvalue weighted by atomic mass is 10.3. The maximum Gasteiger partial charge on any atom is 0.333 e. The summed E-state index contributed by atoms with van der Waals surface area (Å²) in [4.78, 5) is 21.9. The van der Waals surface area contributed by atoms with Gasteiger partial charge in [-0.05, 0) is 13.8 Å². The number of rotatable bonds is 7. The molecule has 0 aromatic carbocycles. The first-order chi connectivity index (χ1) is 7.61. The van der Waals surface area contributed by atoms with Gasteiger partial charge in [0.2, 0.25) is 0 Å². The van der Waals surface area contributed by atoms with Gasteiger partial charge in [-0.1, -0.05) is 6.08 Å². The number of nitrogens with one attached hydrogen (secondary N) is 1. The fourth-order valence-corrected chi connectivity index (χ4v) is 0.995. The Labute approximate surface area is 95.8 Å². The first kappa shape index (κ1) is 14.6. The normalized spacial score (nSPS) is 11.1. The van der Waals surface area contributed by atoms with E-state index in [9.17, 15) is 9.59 Å². The molecule has 92 valence electrons. The molecule has 0 spiro atoms. The number of ether oxygens (including phenoxy) is 2. The molecule has 0 saturated carbocycles. The van der Waals surface area contributed by atoms with Crippen molar-refractivity contribution in [2.45, 2.75) is 20.3 Å². The molecule has 1 N–H and O–H groups in total. The van der Waals surface area contributed by atoms with Crippen LogP contribution in [0.3, 0.4) is 0 Å².